The first-order valence-electron chi connectivity index (χ1n) is 12.9. The molecule has 2 aromatic carbocycles. The van der Waals surface area contributed by atoms with Gasteiger partial charge in [0.05, 0.1) is 25.1 Å². The number of halogens is 1. The van der Waals surface area contributed by atoms with Gasteiger partial charge >= 0.3 is 0 Å². The molecule has 1 saturated heterocycles. The van der Waals surface area contributed by atoms with Crippen LogP contribution in [-0.2, 0) is 21.2 Å². The Bertz CT molecular complexity index is 1320. The largest absolute Gasteiger partial charge is 0.493 e. The van der Waals surface area contributed by atoms with Crippen LogP contribution in [-0.4, -0.2) is 78.4 Å². The predicted molar refractivity (Wildman–Crippen MR) is 143 cm³/mol. The molecule has 4 rings (SSSR count). The second-order valence-corrected chi connectivity index (χ2v) is 12.1. The van der Waals surface area contributed by atoms with Crippen LogP contribution in [0.25, 0.3) is 0 Å². The van der Waals surface area contributed by atoms with Gasteiger partial charge in [0.15, 0.2) is 5.75 Å². The van der Waals surface area contributed by atoms with Crippen LogP contribution >= 0.6 is 0 Å². The minimum atomic E-state index is -3.58. The van der Waals surface area contributed by atoms with E-state index in [9.17, 15) is 22.8 Å². The zero-order valence-corrected chi connectivity index (χ0v) is 22.8. The summed E-state index contributed by atoms with van der Waals surface area (Å²) < 4.78 is 46.1. The Morgan fingerprint density at radius 2 is 1.85 bits per heavy atom. The lowest BCUT2D eigenvalue weighted by Gasteiger charge is -2.34. The van der Waals surface area contributed by atoms with Crippen LogP contribution in [0.5, 0.6) is 11.5 Å². The van der Waals surface area contributed by atoms with E-state index in [1.807, 2.05) is 26.0 Å². The number of amides is 1. The van der Waals surface area contributed by atoms with E-state index in [2.05, 4.69) is 15.3 Å². The number of hydrogen-bond acceptors (Lipinski definition) is 8. The van der Waals surface area contributed by atoms with E-state index in [0.29, 0.717) is 30.0 Å². The molecule has 0 radical (unpaired) electrons. The monoisotopic (exact) mass is 563 g/mol. The number of amidine groups is 1. The number of sulfonamides is 1. The molecule has 2 aromatic rings. The Labute approximate surface area is 227 Å². The third-order valence-electron chi connectivity index (χ3n) is 7.33. The van der Waals surface area contributed by atoms with Crippen LogP contribution in [0, 0.1) is 13.8 Å². The van der Waals surface area contributed by atoms with E-state index in [4.69, 9.17) is 9.84 Å². The highest BCUT2D eigenvalue weighted by Gasteiger charge is 2.47. The SMILES string of the molecule is Cc1cc(OCCC(O)CO)cc(C)c1CCS(=O)(=O)N1CCC2(CC1)N=C(c1cccc(OF)c1)NC2=O. The Balaban J connectivity index is 1.36. The number of ether oxygens (including phenoxy) is 1. The van der Waals surface area contributed by atoms with Crippen molar-refractivity contribution in [3.63, 3.8) is 0 Å². The molecule has 0 aromatic heterocycles. The number of nitrogens with one attached hydrogen (secondary N) is 1. The first-order valence-corrected chi connectivity index (χ1v) is 14.5. The van der Waals surface area contributed by atoms with Crippen LogP contribution in [0.3, 0.4) is 0 Å². The summed E-state index contributed by atoms with van der Waals surface area (Å²) >= 11 is 0. The second kappa shape index (κ2) is 12.0. The Morgan fingerprint density at radius 3 is 2.49 bits per heavy atom. The van der Waals surface area contributed by atoms with E-state index in [-0.39, 0.29) is 56.6 Å². The van der Waals surface area contributed by atoms with Gasteiger partial charge in [-0.05, 0) is 74.1 Å². The number of carbonyl (C=O) groups is 1. The van der Waals surface area contributed by atoms with Crippen molar-refractivity contribution in [3.05, 3.63) is 58.7 Å². The van der Waals surface area contributed by atoms with Crippen molar-refractivity contribution in [1.82, 2.24) is 9.62 Å². The molecule has 1 unspecified atom stereocenters. The third kappa shape index (κ3) is 6.57. The number of aliphatic hydroxyl groups is 2. The molecule has 3 N–H and O–H groups in total. The maximum atomic E-state index is 13.2. The van der Waals surface area contributed by atoms with Gasteiger partial charge in [0.1, 0.15) is 17.1 Å². The van der Waals surface area contributed by atoms with Gasteiger partial charge < -0.3 is 20.3 Å². The number of nitrogens with zero attached hydrogens (tertiary/aromatic N) is 2. The molecule has 0 saturated carbocycles. The van der Waals surface area contributed by atoms with E-state index in [1.54, 1.807) is 12.1 Å². The molecule has 1 atom stereocenters. The number of benzene rings is 2. The van der Waals surface area contributed by atoms with Gasteiger partial charge in [-0.1, -0.05) is 12.1 Å². The molecule has 212 valence electrons. The van der Waals surface area contributed by atoms with E-state index < -0.39 is 21.7 Å². The van der Waals surface area contributed by atoms with Crippen molar-refractivity contribution in [2.24, 2.45) is 4.99 Å². The number of piperidine rings is 1. The molecular weight excluding hydrogens is 529 g/mol. The normalized spacial score (nSPS) is 18.1. The second-order valence-electron chi connectivity index (χ2n) is 10.0. The van der Waals surface area contributed by atoms with Gasteiger partial charge in [-0.15, -0.1) is 0 Å². The zero-order valence-electron chi connectivity index (χ0n) is 22.0. The van der Waals surface area contributed by atoms with Gasteiger partial charge in [-0.3, -0.25) is 14.7 Å². The Hall–Kier alpha value is -3.06. The molecule has 1 amide bonds. The fourth-order valence-electron chi connectivity index (χ4n) is 5.01. The predicted octanol–water partition coefficient (Wildman–Crippen LogP) is 1.97. The number of aryl methyl sites for hydroxylation is 2. The number of aliphatic hydroxyl groups excluding tert-OH is 2. The maximum absolute atomic E-state index is 13.2. The molecule has 12 heteroatoms. The van der Waals surface area contributed by atoms with Gasteiger partial charge in [0.25, 0.3) is 5.91 Å². The van der Waals surface area contributed by atoms with Crippen molar-refractivity contribution in [2.75, 3.05) is 32.1 Å². The summed E-state index contributed by atoms with van der Waals surface area (Å²) in [5.41, 5.74) is 2.21. The lowest BCUT2D eigenvalue weighted by atomic mass is 9.89. The van der Waals surface area contributed by atoms with Gasteiger partial charge in [-0.25, -0.2) is 12.7 Å². The highest BCUT2D eigenvalue weighted by molar-refractivity contribution is 7.89. The van der Waals surface area contributed by atoms with Crippen molar-refractivity contribution in [3.8, 4) is 11.5 Å². The topological polar surface area (TPSA) is 138 Å². The van der Waals surface area contributed by atoms with Gasteiger partial charge in [-0.2, -0.15) is 0 Å². The summed E-state index contributed by atoms with van der Waals surface area (Å²) in [6.07, 6.45) is 0.307. The first kappa shape index (κ1) is 28.9. The number of aliphatic imine (C=N–C) groups is 1. The summed E-state index contributed by atoms with van der Waals surface area (Å²) in [6.45, 7) is 4.08. The molecule has 2 aliphatic heterocycles. The van der Waals surface area contributed by atoms with Gasteiger partial charge in [0.2, 0.25) is 10.0 Å². The Kier molecular flexibility index (Phi) is 8.90. The molecule has 2 aliphatic rings. The molecule has 2 heterocycles. The number of rotatable bonds is 11. The maximum Gasteiger partial charge on any atom is 0.253 e. The number of hydrogen-bond donors (Lipinski definition) is 3. The van der Waals surface area contributed by atoms with Crippen LogP contribution < -0.4 is 15.0 Å². The lowest BCUT2D eigenvalue weighted by Crippen LogP contribution is -2.50. The fourth-order valence-corrected chi connectivity index (χ4v) is 6.47. The van der Waals surface area contributed by atoms with E-state index >= 15 is 0 Å². The fraction of sp³-hybridized carbons (Fsp3) is 0.481. The highest BCUT2D eigenvalue weighted by atomic mass is 32.2. The highest BCUT2D eigenvalue weighted by Crippen LogP contribution is 2.33. The van der Waals surface area contributed by atoms with Crippen molar-refractivity contribution in [1.29, 1.82) is 0 Å². The smallest absolute Gasteiger partial charge is 0.253 e. The molecule has 10 nitrogen and oxygen atoms in total. The molecule has 39 heavy (non-hydrogen) atoms. The van der Waals surface area contributed by atoms with Crippen LogP contribution in [0.1, 0.15) is 41.5 Å². The van der Waals surface area contributed by atoms with Crippen LogP contribution in [0.2, 0.25) is 0 Å². The molecule has 1 fully saturated rings. The lowest BCUT2D eigenvalue weighted by molar-refractivity contribution is -0.124. The summed E-state index contributed by atoms with van der Waals surface area (Å²) in [7, 11) is -3.58. The molecule has 1 spiro atoms. The van der Waals surface area contributed by atoms with Crippen molar-refractivity contribution in [2.45, 2.75) is 51.2 Å². The van der Waals surface area contributed by atoms with Gasteiger partial charge in [0, 0.05) is 29.6 Å². The van der Waals surface area contributed by atoms with Crippen LogP contribution in [0.4, 0.5) is 4.53 Å². The quantitative estimate of drug-likeness (QED) is 0.380. The molecule has 0 aliphatic carbocycles. The minimum Gasteiger partial charge on any atom is -0.493 e. The zero-order chi connectivity index (χ0) is 28.2. The van der Waals surface area contributed by atoms with E-state index in [0.717, 1.165) is 16.7 Å². The minimum absolute atomic E-state index is 0.00293. The third-order valence-corrected chi connectivity index (χ3v) is 9.20. The van der Waals surface area contributed by atoms with E-state index in [1.165, 1.54) is 16.4 Å². The molecule has 0 bridgehead atoms. The summed E-state index contributed by atoms with van der Waals surface area (Å²) in [5.74, 6) is 0.582. The molecular formula is C27H34FN3O7S. The Morgan fingerprint density at radius 1 is 1.15 bits per heavy atom. The standard InChI is InChI=1S/C27H34FN3O7S/c1-18-14-23(37-12-6-21(33)17-32)15-19(2)24(18)7-13-39(35,36)31-10-8-27(9-11-31)26(34)29-25(30-27)20-4-3-5-22(16-20)38-28/h3-5,14-16,21,32-33H,6-13,17H2,1-2H3,(H,29,30,34). The number of carbonyl (C=O) groups excluding carboxylic acids is 1. The first-order chi connectivity index (χ1) is 18.6. The van der Waals surface area contributed by atoms with Crippen LogP contribution in [0.15, 0.2) is 41.4 Å². The summed E-state index contributed by atoms with van der Waals surface area (Å²) in [5, 5.41) is 21.1. The van der Waals surface area contributed by atoms with Crippen molar-refractivity contribution >= 4 is 21.8 Å². The summed E-state index contributed by atoms with van der Waals surface area (Å²) in [4.78, 5) is 21.2. The summed E-state index contributed by atoms with van der Waals surface area (Å²) in [6, 6.07) is 9.84. The van der Waals surface area contributed by atoms with Crippen molar-refractivity contribution < 1.29 is 37.6 Å². The average molecular weight is 564 g/mol. The average Bonchev–Trinajstić information content (AvgIpc) is 3.23.